The Balaban J connectivity index is 1.62. The molecule has 136 valence electrons. The molecule has 0 fully saturated rings. The fraction of sp³-hybridized carbons (Fsp3) is 0.190. The van der Waals surface area contributed by atoms with Crippen LogP contribution in [0.2, 0.25) is 0 Å². The molecular formula is C21H22N6. The number of aromatic nitrogens is 4. The standard InChI is InChI=1S/C21H22N6/c1-26(2)19(16-9-5-3-6-10-16)14-22-20-18-13-25-27(21(18)24-15-23-20)17-11-7-4-8-12-17/h3-13,15,19H,14H2,1-2H3,(H,22,23,24)/t19-/m1/s1. The molecule has 2 heterocycles. The van der Waals surface area contributed by atoms with Crippen molar-refractivity contribution >= 4 is 16.9 Å². The zero-order chi connectivity index (χ0) is 18.6. The maximum Gasteiger partial charge on any atom is 0.168 e. The monoisotopic (exact) mass is 358 g/mol. The molecule has 0 amide bonds. The lowest BCUT2D eigenvalue weighted by Crippen LogP contribution is -2.27. The Hall–Kier alpha value is -3.25. The van der Waals surface area contributed by atoms with Crippen LogP contribution in [0.15, 0.2) is 73.2 Å². The molecule has 6 heteroatoms. The zero-order valence-corrected chi connectivity index (χ0v) is 15.4. The summed E-state index contributed by atoms with van der Waals surface area (Å²) in [5, 5.41) is 8.91. The minimum Gasteiger partial charge on any atom is -0.367 e. The van der Waals surface area contributed by atoms with Gasteiger partial charge in [0.25, 0.3) is 0 Å². The quantitative estimate of drug-likeness (QED) is 0.571. The Labute approximate surface area is 158 Å². The summed E-state index contributed by atoms with van der Waals surface area (Å²) in [7, 11) is 4.17. The van der Waals surface area contributed by atoms with E-state index >= 15 is 0 Å². The minimum absolute atomic E-state index is 0.236. The summed E-state index contributed by atoms with van der Waals surface area (Å²) < 4.78 is 1.84. The van der Waals surface area contributed by atoms with E-state index in [9.17, 15) is 0 Å². The maximum absolute atomic E-state index is 4.51. The van der Waals surface area contributed by atoms with Gasteiger partial charge in [-0.2, -0.15) is 5.10 Å². The van der Waals surface area contributed by atoms with Crippen LogP contribution >= 0.6 is 0 Å². The van der Waals surface area contributed by atoms with Gasteiger partial charge < -0.3 is 10.2 Å². The third kappa shape index (κ3) is 3.52. The normalized spacial score (nSPS) is 12.4. The highest BCUT2D eigenvalue weighted by molar-refractivity contribution is 5.87. The first-order chi connectivity index (χ1) is 13.2. The molecule has 0 aliphatic carbocycles. The van der Waals surface area contributed by atoms with Crippen LogP contribution in [0, 0.1) is 0 Å². The van der Waals surface area contributed by atoms with Crippen LogP contribution in [0.4, 0.5) is 5.82 Å². The molecule has 0 unspecified atom stereocenters. The first-order valence-corrected chi connectivity index (χ1v) is 8.93. The van der Waals surface area contributed by atoms with Crippen LogP contribution in [-0.2, 0) is 0 Å². The smallest absolute Gasteiger partial charge is 0.168 e. The number of rotatable bonds is 6. The molecule has 0 saturated heterocycles. The lowest BCUT2D eigenvalue weighted by atomic mass is 10.1. The molecule has 4 rings (SSSR count). The topological polar surface area (TPSA) is 58.9 Å². The first-order valence-electron chi connectivity index (χ1n) is 8.93. The second kappa shape index (κ2) is 7.55. The molecule has 0 aliphatic heterocycles. The molecule has 0 radical (unpaired) electrons. The number of fused-ring (bicyclic) bond motifs is 1. The predicted octanol–water partition coefficient (Wildman–Crippen LogP) is 3.53. The molecule has 4 aromatic rings. The summed E-state index contributed by atoms with van der Waals surface area (Å²) in [5.41, 5.74) is 3.03. The van der Waals surface area contributed by atoms with E-state index in [4.69, 9.17) is 0 Å². The molecule has 1 atom stereocenters. The molecule has 0 spiro atoms. The largest absolute Gasteiger partial charge is 0.367 e. The molecular weight excluding hydrogens is 336 g/mol. The van der Waals surface area contributed by atoms with Crippen molar-refractivity contribution in [2.45, 2.75) is 6.04 Å². The molecule has 0 aliphatic rings. The number of para-hydroxylation sites is 1. The molecule has 2 aromatic carbocycles. The van der Waals surface area contributed by atoms with Gasteiger partial charge in [0.05, 0.1) is 23.3 Å². The fourth-order valence-corrected chi connectivity index (χ4v) is 3.21. The van der Waals surface area contributed by atoms with Gasteiger partial charge in [0.15, 0.2) is 5.65 Å². The first kappa shape index (κ1) is 17.2. The second-order valence-electron chi connectivity index (χ2n) is 6.62. The highest BCUT2D eigenvalue weighted by Crippen LogP contribution is 2.23. The van der Waals surface area contributed by atoms with Crippen molar-refractivity contribution in [2.24, 2.45) is 0 Å². The van der Waals surface area contributed by atoms with Crippen LogP contribution in [0.5, 0.6) is 0 Å². The Bertz CT molecular complexity index is 1010. The van der Waals surface area contributed by atoms with E-state index in [1.165, 1.54) is 5.56 Å². The molecule has 27 heavy (non-hydrogen) atoms. The number of hydrogen-bond donors (Lipinski definition) is 1. The second-order valence-corrected chi connectivity index (χ2v) is 6.62. The maximum atomic E-state index is 4.51. The number of nitrogens with zero attached hydrogens (tertiary/aromatic N) is 5. The summed E-state index contributed by atoms with van der Waals surface area (Å²) >= 11 is 0. The van der Waals surface area contributed by atoms with Crippen molar-refractivity contribution in [1.82, 2.24) is 24.6 Å². The lowest BCUT2D eigenvalue weighted by molar-refractivity contribution is 0.311. The summed E-state index contributed by atoms with van der Waals surface area (Å²) in [6.45, 7) is 0.736. The van der Waals surface area contributed by atoms with Gasteiger partial charge in [0, 0.05) is 6.54 Å². The Morgan fingerprint density at radius 1 is 0.963 bits per heavy atom. The van der Waals surface area contributed by atoms with Gasteiger partial charge in [-0.25, -0.2) is 14.6 Å². The van der Waals surface area contributed by atoms with Crippen molar-refractivity contribution < 1.29 is 0 Å². The highest BCUT2D eigenvalue weighted by atomic mass is 15.3. The van der Waals surface area contributed by atoms with Crippen LogP contribution in [0.25, 0.3) is 16.7 Å². The highest BCUT2D eigenvalue weighted by Gasteiger charge is 2.16. The van der Waals surface area contributed by atoms with E-state index in [1.807, 2.05) is 47.3 Å². The zero-order valence-electron chi connectivity index (χ0n) is 15.4. The van der Waals surface area contributed by atoms with Gasteiger partial charge in [0.1, 0.15) is 12.1 Å². The minimum atomic E-state index is 0.236. The van der Waals surface area contributed by atoms with E-state index < -0.39 is 0 Å². The van der Waals surface area contributed by atoms with E-state index in [2.05, 4.69) is 63.6 Å². The van der Waals surface area contributed by atoms with Gasteiger partial charge in [-0.1, -0.05) is 48.5 Å². The van der Waals surface area contributed by atoms with Crippen molar-refractivity contribution in [2.75, 3.05) is 26.0 Å². The van der Waals surface area contributed by atoms with Crippen molar-refractivity contribution in [3.8, 4) is 5.69 Å². The Morgan fingerprint density at radius 3 is 2.37 bits per heavy atom. The molecule has 0 saturated carbocycles. The van der Waals surface area contributed by atoms with Crippen molar-refractivity contribution in [3.63, 3.8) is 0 Å². The van der Waals surface area contributed by atoms with Crippen molar-refractivity contribution in [3.05, 3.63) is 78.8 Å². The van der Waals surface area contributed by atoms with E-state index in [0.717, 1.165) is 29.1 Å². The van der Waals surface area contributed by atoms with E-state index in [0.29, 0.717) is 0 Å². The number of benzene rings is 2. The summed E-state index contributed by atoms with van der Waals surface area (Å²) in [6, 6.07) is 20.7. The Morgan fingerprint density at radius 2 is 1.67 bits per heavy atom. The number of nitrogens with one attached hydrogen (secondary N) is 1. The van der Waals surface area contributed by atoms with Gasteiger partial charge >= 0.3 is 0 Å². The van der Waals surface area contributed by atoms with E-state index in [-0.39, 0.29) is 6.04 Å². The van der Waals surface area contributed by atoms with E-state index in [1.54, 1.807) is 6.33 Å². The van der Waals surface area contributed by atoms with Crippen LogP contribution in [0.3, 0.4) is 0 Å². The number of anilines is 1. The third-order valence-corrected chi connectivity index (χ3v) is 4.64. The molecule has 1 N–H and O–H groups in total. The summed E-state index contributed by atoms with van der Waals surface area (Å²) in [5.74, 6) is 0.796. The molecule has 2 aromatic heterocycles. The SMILES string of the molecule is CN(C)[C@H](CNc1ncnc2c1cnn2-c1ccccc1)c1ccccc1. The third-order valence-electron chi connectivity index (χ3n) is 4.64. The molecule has 6 nitrogen and oxygen atoms in total. The van der Waals surface area contributed by atoms with Crippen LogP contribution in [-0.4, -0.2) is 45.3 Å². The molecule has 0 bridgehead atoms. The Kier molecular flexibility index (Phi) is 4.80. The predicted molar refractivity (Wildman–Crippen MR) is 108 cm³/mol. The van der Waals surface area contributed by atoms with Crippen LogP contribution < -0.4 is 5.32 Å². The average Bonchev–Trinajstić information content (AvgIpc) is 3.14. The number of hydrogen-bond acceptors (Lipinski definition) is 5. The van der Waals surface area contributed by atoms with Crippen LogP contribution in [0.1, 0.15) is 11.6 Å². The summed E-state index contributed by atoms with van der Waals surface area (Å²) in [4.78, 5) is 11.1. The number of likely N-dealkylation sites (N-methyl/N-ethyl adjacent to an activating group) is 1. The van der Waals surface area contributed by atoms with Gasteiger partial charge in [-0.05, 0) is 31.8 Å². The van der Waals surface area contributed by atoms with Gasteiger partial charge in [-0.15, -0.1) is 0 Å². The van der Waals surface area contributed by atoms with Gasteiger partial charge in [-0.3, -0.25) is 0 Å². The summed E-state index contributed by atoms with van der Waals surface area (Å²) in [6.07, 6.45) is 3.40. The average molecular weight is 358 g/mol. The lowest BCUT2D eigenvalue weighted by Gasteiger charge is -2.25. The van der Waals surface area contributed by atoms with Crippen molar-refractivity contribution in [1.29, 1.82) is 0 Å². The fourth-order valence-electron chi connectivity index (χ4n) is 3.21. The van der Waals surface area contributed by atoms with Gasteiger partial charge in [0.2, 0.25) is 0 Å².